The Kier molecular flexibility index (Phi) is 4.06. The standard InChI is InChI=1S/C12H18O3/c1-2-12(8-4-3-5-9-12)10(13)6-7-11(14)15/h6-7H,2-5,8-9H2,1H3,(H,14,15). The molecule has 0 aromatic rings. The van der Waals surface area contributed by atoms with Gasteiger partial charge in [-0.1, -0.05) is 26.2 Å². The summed E-state index contributed by atoms with van der Waals surface area (Å²) in [7, 11) is 0. The number of rotatable bonds is 4. The van der Waals surface area contributed by atoms with Crippen LogP contribution in [0.1, 0.15) is 45.4 Å². The zero-order valence-electron chi connectivity index (χ0n) is 9.16. The van der Waals surface area contributed by atoms with Gasteiger partial charge in [0.25, 0.3) is 0 Å². The lowest BCUT2D eigenvalue weighted by atomic mass is 9.69. The molecule has 1 saturated carbocycles. The highest BCUT2D eigenvalue weighted by Gasteiger charge is 2.35. The molecule has 1 fully saturated rings. The second kappa shape index (κ2) is 5.10. The van der Waals surface area contributed by atoms with Gasteiger partial charge < -0.3 is 5.11 Å². The summed E-state index contributed by atoms with van der Waals surface area (Å²) in [5.41, 5.74) is -0.274. The smallest absolute Gasteiger partial charge is 0.328 e. The first-order valence-electron chi connectivity index (χ1n) is 5.56. The summed E-state index contributed by atoms with van der Waals surface area (Å²) in [6.45, 7) is 2.01. The fourth-order valence-electron chi connectivity index (χ4n) is 2.33. The number of ketones is 1. The van der Waals surface area contributed by atoms with Gasteiger partial charge in [0.05, 0.1) is 0 Å². The van der Waals surface area contributed by atoms with E-state index in [9.17, 15) is 9.59 Å². The molecule has 0 saturated heterocycles. The summed E-state index contributed by atoms with van der Waals surface area (Å²) < 4.78 is 0. The van der Waals surface area contributed by atoms with Crippen LogP contribution in [0, 0.1) is 5.41 Å². The summed E-state index contributed by atoms with van der Waals surface area (Å²) >= 11 is 0. The Bertz CT molecular complexity index is 273. The molecular weight excluding hydrogens is 192 g/mol. The molecule has 1 aliphatic carbocycles. The molecule has 1 N–H and O–H groups in total. The molecule has 3 heteroatoms. The van der Waals surface area contributed by atoms with Crippen LogP contribution < -0.4 is 0 Å². The van der Waals surface area contributed by atoms with Crippen molar-refractivity contribution < 1.29 is 14.7 Å². The Morgan fingerprint density at radius 2 is 1.80 bits per heavy atom. The number of hydrogen-bond acceptors (Lipinski definition) is 2. The van der Waals surface area contributed by atoms with Gasteiger partial charge in [-0.05, 0) is 25.3 Å². The fourth-order valence-corrected chi connectivity index (χ4v) is 2.33. The van der Waals surface area contributed by atoms with Crippen LogP contribution in [0.4, 0.5) is 0 Å². The number of hydrogen-bond donors (Lipinski definition) is 1. The van der Waals surface area contributed by atoms with Gasteiger partial charge in [0.2, 0.25) is 0 Å². The van der Waals surface area contributed by atoms with Gasteiger partial charge in [-0.2, -0.15) is 0 Å². The molecule has 0 heterocycles. The molecule has 0 spiro atoms. The molecule has 0 aromatic heterocycles. The number of carbonyl (C=O) groups excluding carboxylic acids is 1. The van der Waals surface area contributed by atoms with Gasteiger partial charge >= 0.3 is 5.97 Å². The first-order chi connectivity index (χ1) is 7.10. The van der Waals surface area contributed by atoms with E-state index in [1.165, 1.54) is 12.5 Å². The van der Waals surface area contributed by atoms with Crippen molar-refractivity contribution >= 4 is 11.8 Å². The Hall–Kier alpha value is -1.12. The monoisotopic (exact) mass is 210 g/mol. The predicted octanol–water partition coefficient (Wildman–Crippen LogP) is 2.56. The van der Waals surface area contributed by atoms with Crippen molar-refractivity contribution in [3.63, 3.8) is 0 Å². The molecule has 0 unspecified atom stereocenters. The average Bonchev–Trinajstić information content (AvgIpc) is 2.26. The molecule has 0 atom stereocenters. The molecular formula is C12H18O3. The van der Waals surface area contributed by atoms with Crippen molar-refractivity contribution in [1.82, 2.24) is 0 Å². The molecule has 0 radical (unpaired) electrons. The lowest BCUT2D eigenvalue weighted by Gasteiger charge is -2.33. The summed E-state index contributed by atoms with van der Waals surface area (Å²) in [4.78, 5) is 22.2. The maximum atomic E-state index is 11.9. The van der Waals surface area contributed by atoms with Gasteiger partial charge in [0.15, 0.2) is 5.78 Å². The topological polar surface area (TPSA) is 54.4 Å². The van der Waals surface area contributed by atoms with Crippen LogP contribution in [0.5, 0.6) is 0 Å². The maximum absolute atomic E-state index is 11.9. The van der Waals surface area contributed by atoms with E-state index in [2.05, 4.69) is 0 Å². The Morgan fingerprint density at radius 3 is 2.27 bits per heavy atom. The summed E-state index contributed by atoms with van der Waals surface area (Å²) in [5.74, 6) is -1.06. The van der Waals surface area contributed by atoms with Gasteiger partial charge in [-0.3, -0.25) is 4.79 Å². The molecule has 1 aliphatic rings. The molecule has 84 valence electrons. The lowest BCUT2D eigenvalue weighted by molar-refractivity contribution is -0.132. The average molecular weight is 210 g/mol. The SMILES string of the molecule is CCC1(C(=O)C=CC(=O)O)CCCCC1. The summed E-state index contributed by atoms with van der Waals surface area (Å²) in [6.07, 6.45) is 8.18. The highest BCUT2D eigenvalue weighted by atomic mass is 16.4. The number of aliphatic carboxylic acids is 1. The normalized spacial score (nSPS) is 20.3. The third-order valence-electron chi connectivity index (χ3n) is 3.39. The summed E-state index contributed by atoms with van der Waals surface area (Å²) in [6, 6.07) is 0. The highest BCUT2D eigenvalue weighted by Crippen LogP contribution is 2.40. The second-order valence-electron chi connectivity index (χ2n) is 4.23. The van der Waals surface area contributed by atoms with E-state index in [-0.39, 0.29) is 11.2 Å². The zero-order valence-corrected chi connectivity index (χ0v) is 9.16. The molecule has 3 nitrogen and oxygen atoms in total. The van der Waals surface area contributed by atoms with Crippen LogP contribution >= 0.6 is 0 Å². The van der Waals surface area contributed by atoms with Crippen LogP contribution in [-0.2, 0) is 9.59 Å². The Balaban J connectivity index is 2.72. The molecule has 0 bridgehead atoms. The lowest BCUT2D eigenvalue weighted by Crippen LogP contribution is -2.31. The number of carboxylic acid groups (broad SMARTS) is 1. The van der Waals surface area contributed by atoms with E-state index in [1.54, 1.807) is 0 Å². The number of carboxylic acids is 1. The van der Waals surface area contributed by atoms with Crippen LogP contribution in [-0.4, -0.2) is 16.9 Å². The third kappa shape index (κ3) is 2.91. The minimum Gasteiger partial charge on any atom is -0.478 e. The Morgan fingerprint density at radius 1 is 1.20 bits per heavy atom. The van der Waals surface area contributed by atoms with E-state index in [0.29, 0.717) is 0 Å². The first-order valence-corrected chi connectivity index (χ1v) is 5.56. The Labute approximate surface area is 90.2 Å². The van der Waals surface area contributed by atoms with Crippen molar-refractivity contribution in [2.45, 2.75) is 45.4 Å². The van der Waals surface area contributed by atoms with E-state index >= 15 is 0 Å². The maximum Gasteiger partial charge on any atom is 0.328 e. The van der Waals surface area contributed by atoms with Crippen molar-refractivity contribution in [2.24, 2.45) is 5.41 Å². The summed E-state index contributed by atoms with van der Waals surface area (Å²) in [5, 5.41) is 8.48. The number of allylic oxidation sites excluding steroid dienone is 1. The van der Waals surface area contributed by atoms with Crippen LogP contribution in [0.2, 0.25) is 0 Å². The highest BCUT2D eigenvalue weighted by molar-refractivity contribution is 5.98. The predicted molar refractivity (Wildman–Crippen MR) is 57.6 cm³/mol. The van der Waals surface area contributed by atoms with Gasteiger partial charge in [-0.15, -0.1) is 0 Å². The van der Waals surface area contributed by atoms with Gasteiger partial charge in [-0.25, -0.2) is 4.79 Å². The molecule has 0 aliphatic heterocycles. The zero-order chi connectivity index (χ0) is 11.3. The van der Waals surface area contributed by atoms with Crippen molar-refractivity contribution in [3.8, 4) is 0 Å². The molecule has 1 rings (SSSR count). The van der Waals surface area contributed by atoms with Crippen molar-refractivity contribution in [2.75, 3.05) is 0 Å². The van der Waals surface area contributed by atoms with E-state index in [0.717, 1.165) is 38.2 Å². The van der Waals surface area contributed by atoms with Gasteiger partial charge in [0.1, 0.15) is 0 Å². The fraction of sp³-hybridized carbons (Fsp3) is 0.667. The van der Waals surface area contributed by atoms with E-state index in [4.69, 9.17) is 5.11 Å². The minimum absolute atomic E-state index is 0.00731. The van der Waals surface area contributed by atoms with E-state index in [1.807, 2.05) is 6.92 Å². The van der Waals surface area contributed by atoms with Crippen molar-refractivity contribution in [3.05, 3.63) is 12.2 Å². The van der Waals surface area contributed by atoms with E-state index < -0.39 is 5.97 Å². The first kappa shape index (κ1) is 12.0. The molecule has 15 heavy (non-hydrogen) atoms. The quantitative estimate of drug-likeness (QED) is 0.725. The molecule has 0 amide bonds. The third-order valence-corrected chi connectivity index (χ3v) is 3.39. The molecule has 0 aromatic carbocycles. The van der Waals surface area contributed by atoms with Crippen molar-refractivity contribution in [1.29, 1.82) is 0 Å². The second-order valence-corrected chi connectivity index (χ2v) is 4.23. The largest absolute Gasteiger partial charge is 0.478 e. The van der Waals surface area contributed by atoms with Crippen LogP contribution in [0.15, 0.2) is 12.2 Å². The van der Waals surface area contributed by atoms with Crippen LogP contribution in [0.25, 0.3) is 0 Å². The number of carbonyl (C=O) groups is 2. The minimum atomic E-state index is -1.05. The van der Waals surface area contributed by atoms with Gasteiger partial charge in [0, 0.05) is 11.5 Å². The van der Waals surface area contributed by atoms with Crippen LogP contribution in [0.3, 0.4) is 0 Å².